The largest absolute Gasteiger partial charge is 0.463 e. The molecule has 1 fully saturated rings. The predicted molar refractivity (Wildman–Crippen MR) is 63.2 cm³/mol. The Morgan fingerprint density at radius 3 is 2.21 bits per heavy atom. The highest BCUT2D eigenvalue weighted by Crippen LogP contribution is 2.25. The van der Waals surface area contributed by atoms with Crippen LogP contribution in [-0.2, 0) is 23.8 Å². The second kappa shape index (κ2) is 6.83. The molecular formula is C12H20O7. The molecule has 0 saturated carbocycles. The van der Waals surface area contributed by atoms with E-state index in [4.69, 9.17) is 14.2 Å². The van der Waals surface area contributed by atoms with Gasteiger partial charge in [0.1, 0.15) is 24.9 Å². The van der Waals surface area contributed by atoms with Gasteiger partial charge in [-0.15, -0.1) is 0 Å². The first kappa shape index (κ1) is 15.9. The number of hydrogen-bond donors (Lipinski definition) is 2. The zero-order chi connectivity index (χ0) is 14.6. The van der Waals surface area contributed by atoms with E-state index in [1.807, 2.05) is 0 Å². The number of aliphatic hydroxyl groups is 2. The number of esters is 2. The van der Waals surface area contributed by atoms with E-state index in [0.717, 1.165) is 0 Å². The van der Waals surface area contributed by atoms with Gasteiger partial charge in [-0.3, -0.25) is 9.59 Å². The van der Waals surface area contributed by atoms with Gasteiger partial charge in [0.05, 0.1) is 6.10 Å². The molecule has 19 heavy (non-hydrogen) atoms. The monoisotopic (exact) mass is 276 g/mol. The van der Waals surface area contributed by atoms with E-state index < -0.39 is 42.5 Å². The standard InChI is InChI=1S/C12H20O7/c1-4-8-12(18-7(3)14)11(16)10(15)9(19-8)5-17-6(2)13/h8-12,15-16H,4-5H2,1-3H3. The van der Waals surface area contributed by atoms with E-state index in [-0.39, 0.29) is 6.61 Å². The van der Waals surface area contributed by atoms with Crippen LogP contribution in [0.25, 0.3) is 0 Å². The molecule has 0 amide bonds. The molecular weight excluding hydrogens is 256 g/mol. The maximum absolute atomic E-state index is 11.0. The molecule has 0 radical (unpaired) electrons. The Hall–Kier alpha value is -1.18. The third kappa shape index (κ3) is 4.15. The van der Waals surface area contributed by atoms with Crippen LogP contribution >= 0.6 is 0 Å². The maximum atomic E-state index is 11.0. The van der Waals surface area contributed by atoms with E-state index in [1.54, 1.807) is 6.92 Å². The first-order valence-electron chi connectivity index (χ1n) is 6.19. The minimum atomic E-state index is -1.29. The number of hydrogen-bond acceptors (Lipinski definition) is 7. The lowest BCUT2D eigenvalue weighted by atomic mass is 9.93. The molecule has 1 heterocycles. The van der Waals surface area contributed by atoms with Crippen LogP contribution in [-0.4, -0.2) is 59.3 Å². The molecule has 0 spiro atoms. The summed E-state index contributed by atoms with van der Waals surface area (Å²) < 4.78 is 15.3. The van der Waals surface area contributed by atoms with Crippen LogP contribution < -0.4 is 0 Å². The minimum Gasteiger partial charge on any atom is -0.463 e. The number of aliphatic hydroxyl groups excluding tert-OH is 2. The Balaban J connectivity index is 2.72. The summed E-state index contributed by atoms with van der Waals surface area (Å²) in [5.41, 5.74) is 0. The molecule has 0 aromatic heterocycles. The van der Waals surface area contributed by atoms with Crippen molar-refractivity contribution in [1.29, 1.82) is 0 Å². The van der Waals surface area contributed by atoms with Crippen molar-refractivity contribution in [2.75, 3.05) is 6.61 Å². The van der Waals surface area contributed by atoms with Crippen molar-refractivity contribution in [3.63, 3.8) is 0 Å². The summed E-state index contributed by atoms with van der Waals surface area (Å²) in [6, 6.07) is 0. The molecule has 1 aliphatic rings. The molecule has 1 aliphatic heterocycles. The molecule has 1 rings (SSSR count). The topological polar surface area (TPSA) is 102 Å². The molecule has 0 bridgehead atoms. The lowest BCUT2D eigenvalue weighted by Crippen LogP contribution is -2.59. The fourth-order valence-corrected chi connectivity index (χ4v) is 2.02. The van der Waals surface area contributed by atoms with Gasteiger partial charge in [-0.1, -0.05) is 6.92 Å². The van der Waals surface area contributed by atoms with Gasteiger partial charge in [-0.2, -0.15) is 0 Å². The second-order valence-electron chi connectivity index (χ2n) is 4.48. The fraction of sp³-hybridized carbons (Fsp3) is 0.833. The van der Waals surface area contributed by atoms with Crippen molar-refractivity contribution in [3.8, 4) is 0 Å². The SMILES string of the molecule is CCC1OC(COC(C)=O)C(O)C(O)C1OC(C)=O. The Morgan fingerprint density at radius 2 is 1.74 bits per heavy atom. The van der Waals surface area contributed by atoms with Gasteiger partial charge in [0.2, 0.25) is 0 Å². The fourth-order valence-electron chi connectivity index (χ4n) is 2.02. The van der Waals surface area contributed by atoms with Gasteiger partial charge in [-0.25, -0.2) is 0 Å². The normalized spacial score (nSPS) is 34.7. The summed E-state index contributed by atoms with van der Waals surface area (Å²) in [5, 5.41) is 19.9. The summed E-state index contributed by atoms with van der Waals surface area (Å²) in [5.74, 6) is -1.06. The summed E-state index contributed by atoms with van der Waals surface area (Å²) >= 11 is 0. The van der Waals surface area contributed by atoms with Gasteiger partial charge in [0.15, 0.2) is 6.10 Å². The first-order valence-corrected chi connectivity index (χ1v) is 6.19. The number of carbonyl (C=O) groups excluding carboxylic acids is 2. The quantitative estimate of drug-likeness (QED) is 0.660. The van der Waals surface area contributed by atoms with Crippen molar-refractivity contribution in [2.45, 2.75) is 57.7 Å². The van der Waals surface area contributed by atoms with Gasteiger partial charge in [0, 0.05) is 13.8 Å². The van der Waals surface area contributed by atoms with E-state index >= 15 is 0 Å². The van der Waals surface area contributed by atoms with Gasteiger partial charge < -0.3 is 24.4 Å². The van der Waals surface area contributed by atoms with Crippen molar-refractivity contribution in [1.82, 2.24) is 0 Å². The number of carbonyl (C=O) groups is 2. The summed E-state index contributed by atoms with van der Waals surface area (Å²) in [6.07, 6.45) is -4.39. The lowest BCUT2D eigenvalue weighted by molar-refractivity contribution is -0.240. The zero-order valence-corrected chi connectivity index (χ0v) is 11.2. The highest BCUT2D eigenvalue weighted by atomic mass is 16.6. The molecule has 0 aromatic rings. The molecule has 5 unspecified atom stereocenters. The third-order valence-electron chi connectivity index (χ3n) is 2.94. The van der Waals surface area contributed by atoms with Gasteiger partial charge in [0.25, 0.3) is 0 Å². The van der Waals surface area contributed by atoms with E-state index in [9.17, 15) is 19.8 Å². The van der Waals surface area contributed by atoms with Crippen LogP contribution in [0.5, 0.6) is 0 Å². The van der Waals surface area contributed by atoms with Crippen LogP contribution in [0.1, 0.15) is 27.2 Å². The summed E-state index contributed by atoms with van der Waals surface area (Å²) in [4.78, 5) is 21.7. The molecule has 7 heteroatoms. The Morgan fingerprint density at radius 1 is 1.11 bits per heavy atom. The highest BCUT2D eigenvalue weighted by Gasteiger charge is 2.45. The van der Waals surface area contributed by atoms with Crippen LogP contribution in [0, 0.1) is 0 Å². The molecule has 0 aromatic carbocycles. The van der Waals surface area contributed by atoms with Crippen molar-refractivity contribution >= 4 is 11.9 Å². The zero-order valence-electron chi connectivity index (χ0n) is 11.2. The Bertz CT molecular complexity index is 326. The number of ether oxygens (including phenoxy) is 3. The van der Waals surface area contributed by atoms with E-state index in [0.29, 0.717) is 6.42 Å². The molecule has 5 atom stereocenters. The smallest absolute Gasteiger partial charge is 0.303 e. The maximum Gasteiger partial charge on any atom is 0.303 e. The summed E-state index contributed by atoms with van der Waals surface area (Å²) in [7, 11) is 0. The average Bonchev–Trinajstić information content (AvgIpc) is 2.33. The van der Waals surface area contributed by atoms with E-state index in [2.05, 4.69) is 0 Å². The summed E-state index contributed by atoms with van der Waals surface area (Å²) in [6.45, 7) is 4.10. The highest BCUT2D eigenvalue weighted by molar-refractivity contribution is 5.66. The third-order valence-corrected chi connectivity index (χ3v) is 2.94. The molecule has 110 valence electrons. The average molecular weight is 276 g/mol. The van der Waals surface area contributed by atoms with Gasteiger partial charge >= 0.3 is 11.9 Å². The van der Waals surface area contributed by atoms with Crippen LogP contribution in [0.15, 0.2) is 0 Å². The molecule has 1 saturated heterocycles. The lowest BCUT2D eigenvalue weighted by Gasteiger charge is -2.41. The first-order chi connectivity index (χ1) is 8.86. The Kier molecular flexibility index (Phi) is 5.71. The van der Waals surface area contributed by atoms with Crippen LogP contribution in [0.3, 0.4) is 0 Å². The molecule has 0 aliphatic carbocycles. The minimum absolute atomic E-state index is 0.156. The van der Waals surface area contributed by atoms with Crippen molar-refractivity contribution in [2.24, 2.45) is 0 Å². The van der Waals surface area contributed by atoms with Crippen molar-refractivity contribution < 1.29 is 34.0 Å². The van der Waals surface area contributed by atoms with E-state index in [1.165, 1.54) is 13.8 Å². The van der Waals surface area contributed by atoms with Crippen molar-refractivity contribution in [3.05, 3.63) is 0 Å². The Labute approximate surface area is 111 Å². The molecule has 2 N–H and O–H groups in total. The second-order valence-corrected chi connectivity index (χ2v) is 4.48. The van der Waals surface area contributed by atoms with Gasteiger partial charge in [-0.05, 0) is 6.42 Å². The number of rotatable bonds is 4. The van der Waals surface area contributed by atoms with Crippen LogP contribution in [0.2, 0.25) is 0 Å². The molecule has 7 nitrogen and oxygen atoms in total. The van der Waals surface area contributed by atoms with Crippen LogP contribution in [0.4, 0.5) is 0 Å². The predicted octanol–water partition coefficient (Wildman–Crippen LogP) is -0.620.